The molecule has 1 heterocycles. The second-order valence-electron chi connectivity index (χ2n) is 5.84. The highest BCUT2D eigenvalue weighted by molar-refractivity contribution is 8.00. The first-order chi connectivity index (χ1) is 11.6. The highest BCUT2D eigenvalue weighted by Crippen LogP contribution is 2.37. The molecule has 0 aliphatic heterocycles. The van der Waals surface area contributed by atoms with E-state index in [0.29, 0.717) is 22.1 Å². The van der Waals surface area contributed by atoms with Crippen molar-refractivity contribution in [3.8, 4) is 6.07 Å². The maximum Gasteiger partial charge on any atom is 0.238 e. The van der Waals surface area contributed by atoms with Crippen LogP contribution in [0.5, 0.6) is 0 Å². The van der Waals surface area contributed by atoms with E-state index in [9.17, 15) is 10.1 Å². The molecule has 2 aromatic rings. The zero-order valence-corrected chi connectivity index (χ0v) is 14.4. The van der Waals surface area contributed by atoms with E-state index in [1.807, 2.05) is 30.3 Å². The van der Waals surface area contributed by atoms with Gasteiger partial charge in [0.25, 0.3) is 0 Å². The molecular formula is C18H18N4OS. The van der Waals surface area contributed by atoms with Gasteiger partial charge < -0.3 is 5.32 Å². The van der Waals surface area contributed by atoms with Gasteiger partial charge in [0.05, 0.1) is 5.69 Å². The van der Waals surface area contributed by atoms with Gasteiger partial charge in [0.2, 0.25) is 5.91 Å². The largest absolute Gasteiger partial charge is 0.352 e. The lowest BCUT2D eigenvalue weighted by atomic mass is 10.1. The van der Waals surface area contributed by atoms with E-state index < -0.39 is 5.25 Å². The van der Waals surface area contributed by atoms with Gasteiger partial charge in [-0.3, -0.25) is 4.79 Å². The summed E-state index contributed by atoms with van der Waals surface area (Å²) in [7, 11) is 0. The van der Waals surface area contributed by atoms with Crippen LogP contribution in [0.4, 0.5) is 0 Å². The minimum atomic E-state index is -0.437. The molecule has 1 atom stereocenters. The first kappa shape index (κ1) is 16.5. The van der Waals surface area contributed by atoms with E-state index in [4.69, 9.17) is 0 Å². The average Bonchev–Trinajstić information content (AvgIpc) is 3.37. The van der Waals surface area contributed by atoms with Crippen LogP contribution in [-0.2, 0) is 4.79 Å². The van der Waals surface area contributed by atoms with Crippen LogP contribution in [0, 0.1) is 25.2 Å². The minimum Gasteiger partial charge on any atom is -0.352 e. The Hall–Kier alpha value is -2.39. The van der Waals surface area contributed by atoms with E-state index in [1.54, 1.807) is 13.8 Å². The molecule has 1 fully saturated rings. The third kappa shape index (κ3) is 3.74. The average molecular weight is 338 g/mol. The van der Waals surface area contributed by atoms with Crippen molar-refractivity contribution in [2.24, 2.45) is 0 Å². The predicted molar refractivity (Wildman–Crippen MR) is 92.4 cm³/mol. The van der Waals surface area contributed by atoms with Crippen molar-refractivity contribution < 1.29 is 4.79 Å². The first-order valence-corrected chi connectivity index (χ1v) is 8.73. The van der Waals surface area contributed by atoms with Crippen molar-refractivity contribution in [3.63, 3.8) is 0 Å². The number of aryl methyl sites for hydroxylation is 2. The number of nitrogens with one attached hydrogen (secondary N) is 1. The number of benzene rings is 1. The van der Waals surface area contributed by atoms with E-state index in [1.165, 1.54) is 11.8 Å². The Morgan fingerprint density at radius 3 is 2.62 bits per heavy atom. The lowest BCUT2D eigenvalue weighted by Crippen LogP contribution is -2.29. The molecule has 1 aromatic heterocycles. The smallest absolute Gasteiger partial charge is 0.238 e. The number of nitriles is 1. The summed E-state index contributed by atoms with van der Waals surface area (Å²) in [5, 5.41) is 12.6. The standard InChI is InChI=1S/C18H18N4OS/c1-11-15(10-19)18(21-12(2)20-11)24-16(13-6-4-3-5-7-13)17(23)22-14-8-9-14/h3-7,14,16H,8-9H2,1-2H3,(H,22,23)/t16-/m0/s1. The molecular weight excluding hydrogens is 320 g/mol. The molecule has 24 heavy (non-hydrogen) atoms. The lowest BCUT2D eigenvalue weighted by Gasteiger charge is -2.17. The zero-order valence-electron chi connectivity index (χ0n) is 13.6. The molecule has 0 radical (unpaired) electrons. The maximum atomic E-state index is 12.7. The van der Waals surface area contributed by atoms with Crippen LogP contribution in [0.15, 0.2) is 35.4 Å². The molecule has 1 aliphatic carbocycles. The maximum absolute atomic E-state index is 12.7. The molecule has 0 unspecified atom stereocenters. The molecule has 5 nitrogen and oxygen atoms in total. The third-order valence-corrected chi connectivity index (χ3v) is 5.01. The molecule has 122 valence electrons. The van der Waals surface area contributed by atoms with Gasteiger partial charge in [-0.15, -0.1) is 0 Å². The molecule has 0 saturated heterocycles. The van der Waals surface area contributed by atoms with Gasteiger partial charge in [-0.25, -0.2) is 9.97 Å². The fraction of sp³-hybridized carbons (Fsp3) is 0.333. The highest BCUT2D eigenvalue weighted by Gasteiger charge is 2.30. The van der Waals surface area contributed by atoms with Crippen LogP contribution in [0.2, 0.25) is 0 Å². The Morgan fingerprint density at radius 1 is 1.29 bits per heavy atom. The van der Waals surface area contributed by atoms with Crippen LogP contribution in [0.3, 0.4) is 0 Å². The van der Waals surface area contributed by atoms with E-state index in [2.05, 4.69) is 21.4 Å². The van der Waals surface area contributed by atoms with Crippen molar-refractivity contribution in [1.29, 1.82) is 5.26 Å². The molecule has 1 saturated carbocycles. The van der Waals surface area contributed by atoms with Gasteiger partial charge in [0, 0.05) is 6.04 Å². The van der Waals surface area contributed by atoms with Crippen LogP contribution in [0.1, 0.15) is 40.7 Å². The van der Waals surface area contributed by atoms with Gasteiger partial charge in [-0.1, -0.05) is 42.1 Å². The number of aromatic nitrogens is 2. The number of hydrogen-bond donors (Lipinski definition) is 1. The fourth-order valence-corrected chi connectivity index (χ4v) is 3.60. The van der Waals surface area contributed by atoms with Crippen molar-refractivity contribution in [3.05, 3.63) is 53.0 Å². The molecule has 1 aromatic carbocycles. The summed E-state index contributed by atoms with van der Waals surface area (Å²) in [5.74, 6) is 0.565. The second kappa shape index (κ2) is 7.02. The number of carbonyl (C=O) groups is 1. The Bertz CT molecular complexity index is 797. The topological polar surface area (TPSA) is 78.7 Å². The summed E-state index contributed by atoms with van der Waals surface area (Å²) in [6, 6.07) is 12.0. The number of nitrogens with zero attached hydrogens (tertiary/aromatic N) is 3. The summed E-state index contributed by atoms with van der Waals surface area (Å²) < 4.78 is 0. The van der Waals surface area contributed by atoms with E-state index >= 15 is 0 Å². The summed E-state index contributed by atoms with van der Waals surface area (Å²) in [6.45, 7) is 3.58. The van der Waals surface area contributed by atoms with Gasteiger partial charge >= 0.3 is 0 Å². The summed E-state index contributed by atoms with van der Waals surface area (Å²) in [6.07, 6.45) is 2.07. The Kier molecular flexibility index (Phi) is 4.81. The third-order valence-electron chi connectivity index (χ3n) is 3.77. The summed E-state index contributed by atoms with van der Waals surface area (Å²) in [5.41, 5.74) is 1.98. The highest BCUT2D eigenvalue weighted by atomic mass is 32.2. The molecule has 1 amide bonds. The Labute approximate surface area is 145 Å². The number of carbonyl (C=O) groups excluding carboxylic acids is 1. The van der Waals surface area contributed by atoms with Gasteiger partial charge in [-0.05, 0) is 32.3 Å². The molecule has 0 bridgehead atoms. The number of amides is 1. The molecule has 1 N–H and O–H groups in total. The van der Waals surface area contributed by atoms with Crippen LogP contribution in [0.25, 0.3) is 0 Å². The molecule has 6 heteroatoms. The van der Waals surface area contributed by atoms with Crippen LogP contribution < -0.4 is 5.32 Å². The SMILES string of the molecule is Cc1nc(C)c(C#N)c(S[C@H](C(=O)NC2CC2)c2ccccc2)n1. The van der Waals surface area contributed by atoms with Gasteiger partial charge in [0.15, 0.2) is 0 Å². The van der Waals surface area contributed by atoms with E-state index in [-0.39, 0.29) is 11.9 Å². The van der Waals surface area contributed by atoms with Crippen molar-refractivity contribution >= 4 is 17.7 Å². The number of thioether (sulfide) groups is 1. The number of rotatable bonds is 5. The fourth-order valence-electron chi connectivity index (χ4n) is 2.41. The lowest BCUT2D eigenvalue weighted by molar-refractivity contribution is -0.120. The van der Waals surface area contributed by atoms with Crippen LogP contribution >= 0.6 is 11.8 Å². The van der Waals surface area contributed by atoms with Crippen LogP contribution in [-0.4, -0.2) is 21.9 Å². The molecule has 1 aliphatic rings. The number of hydrogen-bond acceptors (Lipinski definition) is 5. The molecule has 0 spiro atoms. The normalized spacial score (nSPS) is 14.7. The van der Waals surface area contributed by atoms with Crippen molar-refractivity contribution in [2.45, 2.75) is 43.0 Å². The monoisotopic (exact) mass is 338 g/mol. The van der Waals surface area contributed by atoms with Gasteiger partial charge in [0.1, 0.15) is 27.7 Å². The Morgan fingerprint density at radius 2 is 2.00 bits per heavy atom. The van der Waals surface area contributed by atoms with Gasteiger partial charge in [-0.2, -0.15) is 5.26 Å². The summed E-state index contributed by atoms with van der Waals surface area (Å²) in [4.78, 5) is 21.3. The quantitative estimate of drug-likeness (QED) is 0.669. The summed E-state index contributed by atoms with van der Waals surface area (Å²) >= 11 is 1.31. The molecule has 3 rings (SSSR count). The minimum absolute atomic E-state index is 0.0356. The first-order valence-electron chi connectivity index (χ1n) is 7.86. The Balaban J connectivity index is 1.95. The van der Waals surface area contributed by atoms with E-state index in [0.717, 1.165) is 18.4 Å². The predicted octanol–water partition coefficient (Wildman–Crippen LogP) is 3.08. The zero-order chi connectivity index (χ0) is 17.1. The second-order valence-corrected chi connectivity index (χ2v) is 6.93. The van der Waals surface area contributed by atoms with Crippen molar-refractivity contribution in [1.82, 2.24) is 15.3 Å². The van der Waals surface area contributed by atoms with Crippen molar-refractivity contribution in [2.75, 3.05) is 0 Å².